The van der Waals surface area contributed by atoms with Crippen LogP contribution in [0.5, 0.6) is 0 Å². The first-order chi connectivity index (χ1) is 13.5. The number of likely N-dealkylation sites (N-methyl/N-ethyl adjacent to an activating group) is 1. The molecule has 0 aliphatic carbocycles. The number of hydrogen-bond donors (Lipinski definition) is 1. The van der Waals surface area contributed by atoms with Gasteiger partial charge in [0.2, 0.25) is 5.91 Å². The fourth-order valence-corrected chi connectivity index (χ4v) is 3.71. The third-order valence-electron chi connectivity index (χ3n) is 4.54. The second kappa shape index (κ2) is 9.08. The fourth-order valence-electron chi connectivity index (χ4n) is 3.15. The number of para-hydroxylation sites is 1. The number of nitrogens with one attached hydrogen (secondary N) is 1. The molecule has 3 aromatic rings. The van der Waals surface area contributed by atoms with E-state index in [0.717, 1.165) is 33.5 Å². The molecule has 1 aromatic heterocycles. The molecule has 0 saturated carbocycles. The van der Waals surface area contributed by atoms with E-state index in [-0.39, 0.29) is 18.1 Å². The Kier molecular flexibility index (Phi) is 6.54. The molecule has 2 aromatic carbocycles. The Hall–Kier alpha value is -2.57. The van der Waals surface area contributed by atoms with Crippen LogP contribution >= 0.6 is 11.8 Å². The smallest absolute Gasteiger partial charge is 0.336 e. The lowest BCUT2D eigenvalue weighted by Gasteiger charge is -2.18. The molecule has 0 unspecified atom stereocenters. The Balaban J connectivity index is 1.73. The number of carbonyl (C=O) groups excluding carboxylic acids is 1. The number of carbonyl (C=O) groups is 1. The highest BCUT2D eigenvalue weighted by Crippen LogP contribution is 2.24. The lowest BCUT2D eigenvalue weighted by Crippen LogP contribution is -2.30. The minimum absolute atomic E-state index is 0.0930. The van der Waals surface area contributed by atoms with E-state index in [1.54, 1.807) is 11.8 Å². The van der Waals surface area contributed by atoms with Gasteiger partial charge >= 0.3 is 5.63 Å². The van der Waals surface area contributed by atoms with Crippen LogP contribution in [0.2, 0.25) is 0 Å². The topological polar surface area (TPSA) is 62.6 Å². The number of anilines is 1. The molecular weight excluding hydrogens is 372 g/mol. The maximum Gasteiger partial charge on any atom is 0.336 e. The summed E-state index contributed by atoms with van der Waals surface area (Å²) < 4.78 is 5.36. The number of aryl methyl sites for hydroxylation is 1. The number of nitrogens with zero attached hydrogens (tertiary/aromatic N) is 1. The molecule has 0 saturated heterocycles. The summed E-state index contributed by atoms with van der Waals surface area (Å²) in [5.74, 6) is -0.0930. The zero-order valence-corrected chi connectivity index (χ0v) is 17.1. The van der Waals surface area contributed by atoms with Gasteiger partial charge in [-0.25, -0.2) is 4.79 Å². The lowest BCUT2D eigenvalue weighted by molar-refractivity contribution is -0.117. The predicted octanol–water partition coefficient (Wildman–Crippen LogP) is 4.15. The number of thioether (sulfide) groups is 1. The van der Waals surface area contributed by atoms with Crippen LogP contribution in [0.3, 0.4) is 0 Å². The van der Waals surface area contributed by atoms with Gasteiger partial charge in [0, 0.05) is 22.9 Å². The maximum absolute atomic E-state index is 12.5. The van der Waals surface area contributed by atoms with Crippen LogP contribution in [0, 0.1) is 0 Å². The average Bonchev–Trinajstić information content (AvgIpc) is 2.67. The van der Waals surface area contributed by atoms with Gasteiger partial charge in [0.25, 0.3) is 0 Å². The third kappa shape index (κ3) is 4.82. The summed E-state index contributed by atoms with van der Waals surface area (Å²) in [5, 5.41) is 3.86. The van der Waals surface area contributed by atoms with Gasteiger partial charge in [-0.15, -0.1) is 11.8 Å². The second-order valence-corrected chi connectivity index (χ2v) is 7.54. The van der Waals surface area contributed by atoms with Crippen LogP contribution in [0.15, 0.2) is 62.6 Å². The van der Waals surface area contributed by atoms with Gasteiger partial charge in [-0.1, -0.05) is 31.2 Å². The van der Waals surface area contributed by atoms with Gasteiger partial charge in [0.1, 0.15) is 5.58 Å². The van der Waals surface area contributed by atoms with E-state index in [4.69, 9.17) is 4.42 Å². The maximum atomic E-state index is 12.5. The van der Waals surface area contributed by atoms with Crippen LogP contribution in [-0.4, -0.2) is 30.7 Å². The molecule has 28 heavy (non-hydrogen) atoms. The molecule has 6 heteroatoms. The van der Waals surface area contributed by atoms with Crippen LogP contribution in [0.25, 0.3) is 11.0 Å². The predicted molar refractivity (Wildman–Crippen MR) is 115 cm³/mol. The summed E-state index contributed by atoms with van der Waals surface area (Å²) in [6.45, 7) is 2.76. The summed E-state index contributed by atoms with van der Waals surface area (Å²) in [7, 11) is 1.86. The van der Waals surface area contributed by atoms with Crippen molar-refractivity contribution in [3.8, 4) is 0 Å². The molecule has 0 atom stereocenters. The van der Waals surface area contributed by atoms with Gasteiger partial charge in [0.15, 0.2) is 0 Å². The van der Waals surface area contributed by atoms with E-state index < -0.39 is 0 Å². The molecule has 0 aliphatic heterocycles. The van der Waals surface area contributed by atoms with Gasteiger partial charge in [0.05, 0.1) is 12.2 Å². The van der Waals surface area contributed by atoms with Crippen LogP contribution in [0.1, 0.15) is 18.1 Å². The molecule has 1 N–H and O–H groups in total. The van der Waals surface area contributed by atoms with Gasteiger partial charge < -0.3 is 9.73 Å². The molecule has 0 aliphatic rings. The van der Waals surface area contributed by atoms with Crippen molar-refractivity contribution in [2.45, 2.75) is 24.8 Å². The Morgan fingerprint density at radius 3 is 2.71 bits per heavy atom. The number of benzene rings is 2. The monoisotopic (exact) mass is 396 g/mol. The quantitative estimate of drug-likeness (QED) is 0.480. The van der Waals surface area contributed by atoms with Crippen molar-refractivity contribution in [2.24, 2.45) is 0 Å². The van der Waals surface area contributed by atoms with Crippen molar-refractivity contribution in [2.75, 3.05) is 25.2 Å². The Bertz CT molecular complexity index is 1050. The van der Waals surface area contributed by atoms with E-state index in [9.17, 15) is 9.59 Å². The Morgan fingerprint density at radius 1 is 1.18 bits per heavy atom. The van der Waals surface area contributed by atoms with E-state index in [0.29, 0.717) is 12.1 Å². The fraction of sp³-hybridized carbons (Fsp3) is 0.273. The van der Waals surface area contributed by atoms with E-state index >= 15 is 0 Å². The first-order valence-electron chi connectivity index (χ1n) is 9.17. The van der Waals surface area contributed by atoms with Crippen LogP contribution < -0.4 is 10.9 Å². The van der Waals surface area contributed by atoms with Gasteiger partial charge in [-0.3, -0.25) is 9.69 Å². The summed E-state index contributed by atoms with van der Waals surface area (Å²) in [6, 6.07) is 15.2. The van der Waals surface area contributed by atoms with Gasteiger partial charge in [-0.05, 0) is 49.1 Å². The number of fused-ring (bicyclic) bond motifs is 1. The standard InChI is InChI=1S/C22H24N2O3S/c1-4-15-9-10-17-16(12-22(26)27-19(17)11-15)13-24(2)14-21(25)23-18-7-5-6-8-20(18)28-3/h5-12H,4,13-14H2,1-3H3,(H,23,25). The van der Waals surface area contributed by atoms with E-state index in [1.807, 2.05) is 60.7 Å². The van der Waals surface area contributed by atoms with E-state index in [2.05, 4.69) is 12.2 Å². The van der Waals surface area contributed by atoms with Crippen molar-refractivity contribution < 1.29 is 9.21 Å². The molecule has 0 bridgehead atoms. The Labute approximate surface area is 168 Å². The molecule has 1 amide bonds. The molecule has 3 rings (SSSR count). The summed E-state index contributed by atoms with van der Waals surface area (Å²) in [6.07, 6.45) is 2.86. The lowest BCUT2D eigenvalue weighted by atomic mass is 10.1. The van der Waals surface area contributed by atoms with Crippen molar-refractivity contribution in [1.29, 1.82) is 0 Å². The van der Waals surface area contributed by atoms with Crippen molar-refractivity contribution in [1.82, 2.24) is 4.90 Å². The normalized spacial score (nSPS) is 11.1. The molecule has 146 valence electrons. The molecule has 0 spiro atoms. The highest BCUT2D eigenvalue weighted by atomic mass is 32.2. The molecule has 0 radical (unpaired) electrons. The first-order valence-corrected chi connectivity index (χ1v) is 10.4. The average molecular weight is 397 g/mol. The van der Waals surface area contributed by atoms with Crippen molar-refractivity contribution >= 4 is 34.3 Å². The van der Waals surface area contributed by atoms with Crippen molar-refractivity contribution in [3.05, 3.63) is 70.1 Å². The van der Waals surface area contributed by atoms with E-state index in [1.165, 1.54) is 6.07 Å². The summed E-state index contributed by atoms with van der Waals surface area (Å²) in [4.78, 5) is 27.3. The highest BCUT2D eigenvalue weighted by molar-refractivity contribution is 7.98. The van der Waals surface area contributed by atoms with Crippen LogP contribution in [-0.2, 0) is 17.8 Å². The Morgan fingerprint density at radius 2 is 1.96 bits per heavy atom. The zero-order valence-electron chi connectivity index (χ0n) is 16.3. The zero-order chi connectivity index (χ0) is 20.1. The summed E-state index contributed by atoms with van der Waals surface area (Å²) >= 11 is 1.59. The van der Waals surface area contributed by atoms with Crippen LogP contribution in [0.4, 0.5) is 5.69 Å². The molecule has 0 fully saturated rings. The SMILES string of the molecule is CCc1ccc2c(CN(C)CC(=O)Nc3ccccc3SC)cc(=O)oc2c1. The largest absolute Gasteiger partial charge is 0.423 e. The van der Waals surface area contributed by atoms with Crippen molar-refractivity contribution in [3.63, 3.8) is 0 Å². The minimum atomic E-state index is -0.373. The third-order valence-corrected chi connectivity index (χ3v) is 5.33. The first kappa shape index (κ1) is 20.2. The minimum Gasteiger partial charge on any atom is -0.423 e. The highest BCUT2D eigenvalue weighted by Gasteiger charge is 2.13. The number of hydrogen-bond acceptors (Lipinski definition) is 5. The van der Waals surface area contributed by atoms with Gasteiger partial charge in [-0.2, -0.15) is 0 Å². The summed E-state index contributed by atoms with van der Waals surface area (Å²) in [5.41, 5.74) is 3.00. The molecule has 5 nitrogen and oxygen atoms in total. The number of rotatable bonds is 7. The molecule has 1 heterocycles. The second-order valence-electron chi connectivity index (χ2n) is 6.70. The molecular formula is C22H24N2O3S. The number of amides is 1.